The van der Waals surface area contributed by atoms with Gasteiger partial charge in [-0.05, 0) is 36.2 Å². The molecule has 24 heavy (non-hydrogen) atoms. The van der Waals surface area contributed by atoms with Crippen LogP contribution in [0.1, 0.15) is 22.3 Å². The molecule has 1 aliphatic heterocycles. The summed E-state index contributed by atoms with van der Waals surface area (Å²) < 4.78 is 0. The number of pyridine rings is 1. The summed E-state index contributed by atoms with van der Waals surface area (Å²) in [7, 11) is 2.02. The van der Waals surface area contributed by atoms with Crippen molar-refractivity contribution in [3.05, 3.63) is 53.9 Å². The van der Waals surface area contributed by atoms with Gasteiger partial charge < -0.3 is 15.5 Å². The van der Waals surface area contributed by atoms with Crippen LogP contribution in [0.15, 0.2) is 42.7 Å². The first-order valence-corrected chi connectivity index (χ1v) is 7.95. The Labute approximate surface area is 140 Å². The number of nitrogens with zero attached hydrogens (tertiary/aromatic N) is 2. The second-order valence-corrected chi connectivity index (χ2v) is 5.81. The Balaban J connectivity index is 1.49. The normalized spacial score (nSPS) is 12.6. The lowest BCUT2D eigenvalue weighted by Gasteiger charge is -2.13. The monoisotopic (exact) mass is 324 g/mol. The minimum Gasteiger partial charge on any atom is -0.374 e. The second-order valence-electron chi connectivity index (χ2n) is 5.81. The van der Waals surface area contributed by atoms with Gasteiger partial charge in [0.2, 0.25) is 5.91 Å². The molecule has 1 aromatic heterocycles. The number of likely N-dealkylation sites (N-methyl/N-ethyl adjacent to an activating group) is 1. The van der Waals surface area contributed by atoms with E-state index in [9.17, 15) is 9.59 Å². The van der Waals surface area contributed by atoms with Crippen LogP contribution >= 0.6 is 0 Å². The Bertz CT molecular complexity index is 746. The van der Waals surface area contributed by atoms with Crippen molar-refractivity contribution < 1.29 is 9.59 Å². The third-order valence-corrected chi connectivity index (χ3v) is 4.06. The summed E-state index contributed by atoms with van der Waals surface area (Å²) in [6, 6.07) is 9.27. The predicted octanol–water partition coefficient (Wildman–Crippen LogP) is 1.83. The molecule has 0 aliphatic carbocycles. The maximum atomic E-state index is 12.2. The number of nitrogens with one attached hydrogen (secondary N) is 2. The maximum Gasteiger partial charge on any atom is 0.251 e. The molecular formula is C18H20N4O2. The smallest absolute Gasteiger partial charge is 0.251 e. The molecule has 0 saturated carbocycles. The zero-order valence-corrected chi connectivity index (χ0v) is 13.6. The van der Waals surface area contributed by atoms with Crippen molar-refractivity contribution in [2.75, 3.05) is 30.4 Å². The number of hydrogen-bond donors (Lipinski definition) is 2. The largest absolute Gasteiger partial charge is 0.374 e. The Morgan fingerprint density at radius 2 is 2.17 bits per heavy atom. The summed E-state index contributed by atoms with van der Waals surface area (Å²) >= 11 is 0. The van der Waals surface area contributed by atoms with Crippen molar-refractivity contribution >= 4 is 23.2 Å². The van der Waals surface area contributed by atoms with Crippen LogP contribution in [0.25, 0.3) is 0 Å². The molecule has 2 N–H and O–H groups in total. The molecule has 2 aromatic rings. The first-order valence-electron chi connectivity index (χ1n) is 7.95. The van der Waals surface area contributed by atoms with Crippen molar-refractivity contribution in [2.24, 2.45) is 0 Å². The highest BCUT2D eigenvalue weighted by atomic mass is 16.2. The molecule has 0 atom stereocenters. The molecule has 3 rings (SSSR count). The third kappa shape index (κ3) is 3.71. The van der Waals surface area contributed by atoms with Gasteiger partial charge in [0.15, 0.2) is 0 Å². The summed E-state index contributed by atoms with van der Waals surface area (Å²) in [5.74, 6) is -0.315. The van der Waals surface area contributed by atoms with Crippen LogP contribution < -0.4 is 15.5 Å². The summed E-state index contributed by atoms with van der Waals surface area (Å²) in [5.41, 5.74) is 3.65. The number of fused-ring (bicyclic) bond motifs is 1. The number of rotatable bonds is 5. The van der Waals surface area contributed by atoms with Crippen LogP contribution in [0.3, 0.4) is 0 Å². The van der Waals surface area contributed by atoms with E-state index in [-0.39, 0.29) is 24.8 Å². The quantitative estimate of drug-likeness (QED) is 0.880. The average molecular weight is 324 g/mol. The van der Waals surface area contributed by atoms with E-state index in [0.717, 1.165) is 18.7 Å². The Hall–Kier alpha value is -2.89. The molecule has 0 spiro atoms. The lowest BCUT2D eigenvalue weighted by Crippen LogP contribution is -2.27. The fourth-order valence-electron chi connectivity index (χ4n) is 2.73. The summed E-state index contributed by atoms with van der Waals surface area (Å²) in [4.78, 5) is 30.1. The topological polar surface area (TPSA) is 74.3 Å². The SMILES string of the molecule is CN1CCc2ccc(C(=O)NCCC(=O)Nc3cccnc3)cc21. The fraction of sp³-hybridized carbons (Fsp3) is 0.278. The van der Waals surface area contributed by atoms with Gasteiger partial charge in [-0.2, -0.15) is 0 Å². The van der Waals surface area contributed by atoms with E-state index in [2.05, 4.69) is 20.5 Å². The highest BCUT2D eigenvalue weighted by Gasteiger charge is 2.17. The number of aromatic nitrogens is 1. The van der Waals surface area contributed by atoms with Crippen molar-refractivity contribution in [3.8, 4) is 0 Å². The Morgan fingerprint density at radius 1 is 1.29 bits per heavy atom. The van der Waals surface area contributed by atoms with Gasteiger partial charge in [-0.3, -0.25) is 14.6 Å². The van der Waals surface area contributed by atoms with Crippen LogP contribution in [-0.4, -0.2) is 36.9 Å². The second kappa shape index (κ2) is 7.12. The van der Waals surface area contributed by atoms with Gasteiger partial charge in [0.05, 0.1) is 11.9 Å². The maximum absolute atomic E-state index is 12.2. The van der Waals surface area contributed by atoms with Crippen LogP contribution in [0.2, 0.25) is 0 Å². The zero-order valence-electron chi connectivity index (χ0n) is 13.6. The molecule has 124 valence electrons. The molecule has 2 heterocycles. The van der Waals surface area contributed by atoms with E-state index in [1.54, 1.807) is 24.5 Å². The van der Waals surface area contributed by atoms with Gasteiger partial charge in [0.25, 0.3) is 5.91 Å². The minimum atomic E-state index is -0.160. The summed E-state index contributed by atoms with van der Waals surface area (Å²) in [6.45, 7) is 1.27. The highest BCUT2D eigenvalue weighted by molar-refractivity contribution is 5.96. The number of hydrogen-bond acceptors (Lipinski definition) is 4. The van der Waals surface area contributed by atoms with E-state index < -0.39 is 0 Å². The van der Waals surface area contributed by atoms with Crippen molar-refractivity contribution in [1.29, 1.82) is 0 Å². The molecule has 0 unspecified atom stereocenters. The van der Waals surface area contributed by atoms with E-state index in [0.29, 0.717) is 11.3 Å². The third-order valence-electron chi connectivity index (χ3n) is 4.06. The summed E-state index contributed by atoms with van der Waals surface area (Å²) in [5, 5.41) is 5.52. The predicted molar refractivity (Wildman–Crippen MR) is 93.2 cm³/mol. The van der Waals surface area contributed by atoms with Crippen molar-refractivity contribution in [2.45, 2.75) is 12.8 Å². The van der Waals surface area contributed by atoms with E-state index in [4.69, 9.17) is 0 Å². The zero-order chi connectivity index (χ0) is 16.9. The first kappa shape index (κ1) is 16.0. The molecule has 0 saturated heterocycles. The number of carbonyl (C=O) groups is 2. The average Bonchev–Trinajstić information content (AvgIpc) is 2.96. The molecular weight excluding hydrogens is 304 g/mol. The number of benzene rings is 1. The fourth-order valence-corrected chi connectivity index (χ4v) is 2.73. The van der Waals surface area contributed by atoms with Crippen LogP contribution in [0, 0.1) is 0 Å². The van der Waals surface area contributed by atoms with Crippen molar-refractivity contribution in [3.63, 3.8) is 0 Å². The standard InChI is InChI=1S/C18H20N4O2/c1-22-10-7-13-4-5-14(11-16(13)22)18(24)20-9-6-17(23)21-15-3-2-8-19-12-15/h2-5,8,11-12H,6-7,9-10H2,1H3,(H,20,24)(H,21,23). The number of amides is 2. The van der Waals surface area contributed by atoms with Gasteiger partial charge in [-0.15, -0.1) is 0 Å². The van der Waals surface area contributed by atoms with Gasteiger partial charge in [0.1, 0.15) is 0 Å². The molecule has 0 fully saturated rings. The molecule has 0 bridgehead atoms. The highest BCUT2D eigenvalue weighted by Crippen LogP contribution is 2.27. The minimum absolute atomic E-state index is 0.156. The van der Waals surface area contributed by atoms with E-state index in [1.807, 2.05) is 25.2 Å². The lowest BCUT2D eigenvalue weighted by molar-refractivity contribution is -0.116. The molecule has 2 amide bonds. The van der Waals surface area contributed by atoms with E-state index >= 15 is 0 Å². The summed E-state index contributed by atoms with van der Waals surface area (Å²) in [6.07, 6.45) is 4.45. The van der Waals surface area contributed by atoms with Gasteiger partial charge in [-0.25, -0.2) is 0 Å². The van der Waals surface area contributed by atoms with Crippen LogP contribution in [0.4, 0.5) is 11.4 Å². The Morgan fingerprint density at radius 3 is 2.96 bits per heavy atom. The van der Waals surface area contributed by atoms with Crippen molar-refractivity contribution in [1.82, 2.24) is 10.3 Å². The molecule has 6 nitrogen and oxygen atoms in total. The number of anilines is 2. The van der Waals surface area contributed by atoms with Gasteiger partial charge in [0, 0.05) is 44.0 Å². The van der Waals surface area contributed by atoms with Crippen LogP contribution in [-0.2, 0) is 11.2 Å². The lowest BCUT2D eigenvalue weighted by atomic mass is 10.1. The molecule has 1 aromatic carbocycles. The molecule has 1 aliphatic rings. The van der Waals surface area contributed by atoms with E-state index in [1.165, 1.54) is 5.56 Å². The first-order chi connectivity index (χ1) is 11.6. The number of carbonyl (C=O) groups excluding carboxylic acids is 2. The molecule has 0 radical (unpaired) electrons. The van der Waals surface area contributed by atoms with Gasteiger partial charge >= 0.3 is 0 Å². The Kier molecular flexibility index (Phi) is 4.74. The molecule has 6 heteroatoms. The van der Waals surface area contributed by atoms with Gasteiger partial charge in [-0.1, -0.05) is 6.07 Å². The van der Waals surface area contributed by atoms with Crippen LogP contribution in [0.5, 0.6) is 0 Å².